The molecule has 6 unspecified atom stereocenters. The van der Waals surface area contributed by atoms with E-state index in [1.807, 2.05) is 0 Å². The molecule has 0 spiro atoms. The van der Waals surface area contributed by atoms with Gasteiger partial charge in [0.25, 0.3) is 0 Å². The van der Waals surface area contributed by atoms with Crippen LogP contribution in [0.5, 0.6) is 0 Å². The summed E-state index contributed by atoms with van der Waals surface area (Å²) in [4.78, 5) is 0. The summed E-state index contributed by atoms with van der Waals surface area (Å²) < 4.78 is 0. The molecule has 0 nitrogen and oxygen atoms in total. The molecule has 0 aromatic rings. The highest BCUT2D eigenvalue weighted by Gasteiger charge is 2.46. The van der Waals surface area contributed by atoms with E-state index in [-0.39, 0.29) is 0 Å². The molecule has 0 N–H and O–H groups in total. The number of thioether (sulfide) groups is 1. The topological polar surface area (TPSA) is 0 Å². The number of hydrogen-bond acceptors (Lipinski definition) is 1. The molecule has 15 heavy (non-hydrogen) atoms. The smallest absolute Gasteiger partial charge is 0.00529 e. The van der Waals surface area contributed by atoms with Gasteiger partial charge in [0.05, 0.1) is 0 Å². The highest BCUT2D eigenvalue weighted by molar-refractivity contribution is 8.00. The highest BCUT2D eigenvalue weighted by Crippen LogP contribution is 2.55. The molecule has 6 atom stereocenters. The average Bonchev–Trinajstić information content (AvgIpc) is 2.52. The Labute approximate surface area is 98.6 Å². The number of hydrogen-bond donors (Lipinski definition) is 0. The van der Waals surface area contributed by atoms with Crippen LogP contribution < -0.4 is 0 Å². The molecule has 0 amide bonds. The van der Waals surface area contributed by atoms with E-state index in [0.29, 0.717) is 0 Å². The van der Waals surface area contributed by atoms with Crippen LogP contribution in [0.1, 0.15) is 52.4 Å². The Balaban J connectivity index is 1.75. The number of fused-ring (bicyclic) bond motifs is 2. The van der Waals surface area contributed by atoms with Crippen LogP contribution in [0, 0.1) is 23.7 Å². The zero-order valence-electron chi connectivity index (χ0n) is 10.1. The summed E-state index contributed by atoms with van der Waals surface area (Å²) in [6.07, 6.45) is 9.31. The minimum absolute atomic E-state index is 0.952. The van der Waals surface area contributed by atoms with E-state index in [0.717, 1.165) is 34.2 Å². The Hall–Kier alpha value is 0.350. The Morgan fingerprint density at radius 3 is 1.73 bits per heavy atom. The normalized spacial score (nSPS) is 54.8. The molecule has 0 aromatic heterocycles. The van der Waals surface area contributed by atoms with Crippen LogP contribution in [0.25, 0.3) is 0 Å². The predicted octanol–water partition coefficient (Wildman–Crippen LogP) is 4.34. The quantitative estimate of drug-likeness (QED) is 0.590. The fourth-order valence-corrected chi connectivity index (χ4v) is 6.28. The first-order valence-corrected chi connectivity index (χ1v) is 7.85. The Morgan fingerprint density at radius 2 is 1.27 bits per heavy atom. The van der Waals surface area contributed by atoms with Gasteiger partial charge in [0, 0.05) is 10.5 Å². The second-order valence-electron chi connectivity index (χ2n) is 6.15. The van der Waals surface area contributed by atoms with Crippen LogP contribution >= 0.6 is 11.8 Å². The molecule has 3 aliphatic rings. The van der Waals surface area contributed by atoms with Crippen molar-refractivity contribution in [3.63, 3.8) is 0 Å². The van der Waals surface area contributed by atoms with Crippen molar-refractivity contribution in [2.24, 2.45) is 23.7 Å². The molecule has 2 saturated carbocycles. The second-order valence-corrected chi connectivity index (χ2v) is 7.91. The maximum Gasteiger partial charge on any atom is 0.00529 e. The van der Waals surface area contributed by atoms with Gasteiger partial charge in [-0.1, -0.05) is 39.5 Å². The van der Waals surface area contributed by atoms with Gasteiger partial charge in [-0.05, 0) is 36.5 Å². The van der Waals surface area contributed by atoms with E-state index in [4.69, 9.17) is 0 Å². The van der Waals surface area contributed by atoms with Crippen molar-refractivity contribution in [1.29, 1.82) is 0 Å². The number of rotatable bonds is 0. The molecule has 0 aromatic carbocycles. The lowest BCUT2D eigenvalue weighted by Crippen LogP contribution is -2.36. The maximum absolute atomic E-state index is 2.48. The molecule has 3 fully saturated rings. The first-order valence-electron chi connectivity index (χ1n) is 6.91. The summed E-state index contributed by atoms with van der Waals surface area (Å²) in [5.41, 5.74) is 0. The first-order chi connectivity index (χ1) is 7.25. The second kappa shape index (κ2) is 3.98. The molecular formula is C14H24S. The van der Waals surface area contributed by atoms with Gasteiger partial charge in [-0.3, -0.25) is 0 Å². The summed E-state index contributed by atoms with van der Waals surface area (Å²) in [6, 6.07) is 0. The lowest BCUT2D eigenvalue weighted by molar-refractivity contribution is 0.0861. The molecule has 3 rings (SSSR count). The van der Waals surface area contributed by atoms with Gasteiger partial charge >= 0.3 is 0 Å². The van der Waals surface area contributed by atoms with Gasteiger partial charge in [0.2, 0.25) is 0 Å². The summed E-state index contributed by atoms with van der Waals surface area (Å²) in [6.45, 7) is 4.96. The van der Waals surface area contributed by atoms with Gasteiger partial charge in [-0.25, -0.2) is 0 Å². The Morgan fingerprint density at radius 1 is 0.800 bits per heavy atom. The Kier molecular flexibility index (Phi) is 2.79. The van der Waals surface area contributed by atoms with E-state index in [2.05, 4.69) is 25.6 Å². The van der Waals surface area contributed by atoms with Gasteiger partial charge in [0.1, 0.15) is 0 Å². The Bertz CT molecular complexity index is 213. The predicted molar refractivity (Wildman–Crippen MR) is 68.2 cm³/mol. The van der Waals surface area contributed by atoms with Gasteiger partial charge in [0.15, 0.2) is 0 Å². The fraction of sp³-hybridized carbons (Fsp3) is 1.00. The van der Waals surface area contributed by atoms with Crippen LogP contribution in [0.15, 0.2) is 0 Å². The molecule has 1 heterocycles. The summed E-state index contributed by atoms with van der Waals surface area (Å²) in [5.74, 6) is 4.38. The van der Waals surface area contributed by atoms with E-state index in [1.54, 1.807) is 25.7 Å². The van der Waals surface area contributed by atoms with Crippen LogP contribution in [0.2, 0.25) is 0 Å². The van der Waals surface area contributed by atoms with Crippen molar-refractivity contribution in [1.82, 2.24) is 0 Å². The van der Waals surface area contributed by atoms with Gasteiger partial charge in [-0.15, -0.1) is 0 Å². The summed E-state index contributed by atoms with van der Waals surface area (Å²) in [5, 5.41) is 1.90. The van der Waals surface area contributed by atoms with Gasteiger partial charge < -0.3 is 0 Å². The summed E-state index contributed by atoms with van der Waals surface area (Å²) >= 11 is 2.27. The highest BCUT2D eigenvalue weighted by atomic mass is 32.2. The van der Waals surface area contributed by atoms with Crippen LogP contribution in [0.4, 0.5) is 0 Å². The molecule has 2 aliphatic carbocycles. The first kappa shape index (κ1) is 10.5. The zero-order chi connectivity index (χ0) is 10.4. The fourth-order valence-electron chi connectivity index (χ4n) is 4.57. The van der Waals surface area contributed by atoms with Gasteiger partial charge in [-0.2, -0.15) is 11.8 Å². The van der Waals surface area contributed by atoms with E-state index >= 15 is 0 Å². The van der Waals surface area contributed by atoms with Crippen molar-refractivity contribution in [3.8, 4) is 0 Å². The monoisotopic (exact) mass is 224 g/mol. The largest absolute Gasteiger partial charge is 0.155 e. The zero-order valence-corrected chi connectivity index (χ0v) is 10.9. The van der Waals surface area contributed by atoms with Crippen LogP contribution in [-0.4, -0.2) is 10.5 Å². The minimum atomic E-state index is 0.952. The van der Waals surface area contributed by atoms with E-state index in [9.17, 15) is 0 Å². The standard InChI is InChI=1S/C14H24S/c1-9-13-7-11-5-3-4-6-12(11)8-14(13)10(2)15-9/h9-14H,3-8H2,1-2H3. The van der Waals surface area contributed by atoms with Crippen molar-refractivity contribution < 1.29 is 0 Å². The molecule has 0 bridgehead atoms. The lowest BCUT2D eigenvalue weighted by atomic mass is 9.62. The third-order valence-electron chi connectivity index (χ3n) is 5.40. The third kappa shape index (κ3) is 1.75. The SMILES string of the molecule is CC1SC(C)C2CC3CCCCC3CC12. The average molecular weight is 224 g/mol. The third-order valence-corrected chi connectivity index (χ3v) is 6.96. The lowest BCUT2D eigenvalue weighted by Gasteiger charge is -2.43. The van der Waals surface area contributed by atoms with Crippen molar-refractivity contribution in [2.45, 2.75) is 62.9 Å². The van der Waals surface area contributed by atoms with Crippen molar-refractivity contribution >= 4 is 11.8 Å². The van der Waals surface area contributed by atoms with Crippen molar-refractivity contribution in [2.75, 3.05) is 0 Å². The maximum atomic E-state index is 2.48. The van der Waals surface area contributed by atoms with Crippen LogP contribution in [0.3, 0.4) is 0 Å². The minimum Gasteiger partial charge on any atom is -0.155 e. The van der Waals surface area contributed by atoms with E-state index < -0.39 is 0 Å². The molecule has 86 valence electrons. The van der Waals surface area contributed by atoms with E-state index in [1.165, 1.54) is 12.8 Å². The summed E-state index contributed by atoms with van der Waals surface area (Å²) in [7, 11) is 0. The molecule has 1 saturated heterocycles. The molecule has 0 radical (unpaired) electrons. The molecule has 1 heteroatoms. The van der Waals surface area contributed by atoms with Crippen molar-refractivity contribution in [3.05, 3.63) is 0 Å². The molecular weight excluding hydrogens is 200 g/mol. The molecule has 1 aliphatic heterocycles. The van der Waals surface area contributed by atoms with Crippen LogP contribution in [-0.2, 0) is 0 Å².